The Balaban J connectivity index is 1.44. The van der Waals surface area contributed by atoms with Gasteiger partial charge in [-0.15, -0.1) is 0 Å². The van der Waals surface area contributed by atoms with Crippen LogP contribution in [0.3, 0.4) is 0 Å². The highest BCUT2D eigenvalue weighted by Crippen LogP contribution is 2.31. The number of aliphatic imine (C=N–C) groups is 1. The normalized spacial score (nSPS) is 25.9. The van der Waals surface area contributed by atoms with Crippen molar-refractivity contribution in [3.8, 4) is 0 Å². The highest BCUT2D eigenvalue weighted by atomic mass is 16.5. The molecule has 162 valence electrons. The monoisotopic (exact) mass is 402 g/mol. The SMILES string of the molecule is CN=C(NCc1ccc(CN2CCCC(C)C2)cc1)NCC1(CCO)CCOC1. The number of aliphatic hydroxyl groups excluding tert-OH is 1. The largest absolute Gasteiger partial charge is 0.396 e. The number of hydrogen-bond acceptors (Lipinski definition) is 4. The second kappa shape index (κ2) is 11.0. The minimum absolute atomic E-state index is 0.0139. The second-order valence-electron chi connectivity index (χ2n) is 8.85. The van der Waals surface area contributed by atoms with Crippen LogP contribution in [0.1, 0.15) is 43.7 Å². The lowest BCUT2D eigenvalue weighted by Gasteiger charge is -2.30. The number of aliphatic hydroxyl groups is 1. The van der Waals surface area contributed by atoms with Gasteiger partial charge in [-0.25, -0.2) is 0 Å². The number of nitrogens with zero attached hydrogens (tertiary/aromatic N) is 2. The molecule has 3 N–H and O–H groups in total. The number of likely N-dealkylation sites (tertiary alicyclic amines) is 1. The highest BCUT2D eigenvalue weighted by Gasteiger charge is 2.34. The Hall–Kier alpha value is -1.63. The molecule has 0 radical (unpaired) electrons. The fourth-order valence-corrected chi connectivity index (χ4v) is 4.44. The van der Waals surface area contributed by atoms with Crippen molar-refractivity contribution in [1.82, 2.24) is 15.5 Å². The van der Waals surface area contributed by atoms with Crippen molar-refractivity contribution in [1.29, 1.82) is 0 Å². The Morgan fingerprint density at radius 2 is 2.07 bits per heavy atom. The van der Waals surface area contributed by atoms with Gasteiger partial charge >= 0.3 is 0 Å². The van der Waals surface area contributed by atoms with Crippen LogP contribution >= 0.6 is 0 Å². The molecule has 0 amide bonds. The number of hydrogen-bond donors (Lipinski definition) is 3. The van der Waals surface area contributed by atoms with Crippen LogP contribution in [0.15, 0.2) is 29.3 Å². The molecule has 6 heteroatoms. The van der Waals surface area contributed by atoms with E-state index < -0.39 is 0 Å². The summed E-state index contributed by atoms with van der Waals surface area (Å²) in [4.78, 5) is 6.91. The zero-order chi connectivity index (χ0) is 20.5. The summed E-state index contributed by atoms with van der Waals surface area (Å²) in [5, 5.41) is 16.2. The van der Waals surface area contributed by atoms with Gasteiger partial charge in [0.05, 0.1) is 6.61 Å². The topological polar surface area (TPSA) is 69.1 Å². The predicted molar refractivity (Wildman–Crippen MR) is 118 cm³/mol. The zero-order valence-corrected chi connectivity index (χ0v) is 18.1. The maximum Gasteiger partial charge on any atom is 0.191 e. The van der Waals surface area contributed by atoms with Crippen molar-refractivity contribution < 1.29 is 9.84 Å². The average Bonchev–Trinajstić information content (AvgIpc) is 3.18. The van der Waals surface area contributed by atoms with Crippen LogP contribution in [0.4, 0.5) is 0 Å². The number of rotatable bonds is 8. The van der Waals surface area contributed by atoms with Gasteiger partial charge in [-0.3, -0.25) is 9.89 Å². The number of benzene rings is 1. The molecule has 0 spiro atoms. The summed E-state index contributed by atoms with van der Waals surface area (Å²) in [6, 6.07) is 8.92. The quantitative estimate of drug-likeness (QED) is 0.460. The van der Waals surface area contributed by atoms with E-state index in [1.54, 1.807) is 7.05 Å². The Kier molecular flexibility index (Phi) is 8.33. The third kappa shape index (κ3) is 6.69. The minimum atomic E-state index is 0.0139. The molecule has 2 heterocycles. The Labute approximate surface area is 175 Å². The van der Waals surface area contributed by atoms with Gasteiger partial charge in [0, 0.05) is 51.9 Å². The van der Waals surface area contributed by atoms with Crippen molar-refractivity contribution >= 4 is 5.96 Å². The summed E-state index contributed by atoms with van der Waals surface area (Å²) in [6.45, 7) is 9.02. The van der Waals surface area contributed by atoms with Crippen LogP contribution in [-0.2, 0) is 17.8 Å². The van der Waals surface area contributed by atoms with E-state index in [1.807, 2.05) is 0 Å². The van der Waals surface area contributed by atoms with E-state index >= 15 is 0 Å². The van der Waals surface area contributed by atoms with Gasteiger partial charge in [-0.2, -0.15) is 0 Å². The molecule has 0 aromatic heterocycles. The summed E-state index contributed by atoms with van der Waals surface area (Å²) >= 11 is 0. The third-order valence-electron chi connectivity index (χ3n) is 6.31. The van der Waals surface area contributed by atoms with Crippen molar-refractivity contribution in [2.75, 3.05) is 46.5 Å². The molecule has 2 atom stereocenters. The smallest absolute Gasteiger partial charge is 0.191 e. The van der Waals surface area contributed by atoms with E-state index in [1.165, 1.54) is 37.1 Å². The van der Waals surface area contributed by atoms with Crippen molar-refractivity contribution in [2.24, 2.45) is 16.3 Å². The number of piperidine rings is 1. The van der Waals surface area contributed by atoms with Crippen LogP contribution in [0.5, 0.6) is 0 Å². The molecule has 2 saturated heterocycles. The molecule has 2 aliphatic rings. The van der Waals surface area contributed by atoms with Gasteiger partial charge in [0.15, 0.2) is 5.96 Å². The summed E-state index contributed by atoms with van der Waals surface area (Å²) in [5.41, 5.74) is 2.65. The molecule has 0 bridgehead atoms. The van der Waals surface area contributed by atoms with E-state index in [-0.39, 0.29) is 12.0 Å². The van der Waals surface area contributed by atoms with Crippen LogP contribution < -0.4 is 10.6 Å². The van der Waals surface area contributed by atoms with E-state index in [0.29, 0.717) is 6.61 Å². The first-order chi connectivity index (χ1) is 14.1. The van der Waals surface area contributed by atoms with E-state index in [2.05, 4.69) is 51.7 Å². The van der Waals surface area contributed by atoms with Gasteiger partial charge in [0.25, 0.3) is 0 Å². The van der Waals surface area contributed by atoms with E-state index in [9.17, 15) is 5.11 Å². The number of guanidine groups is 1. The Morgan fingerprint density at radius 1 is 1.28 bits per heavy atom. The van der Waals surface area contributed by atoms with Crippen molar-refractivity contribution in [3.05, 3.63) is 35.4 Å². The van der Waals surface area contributed by atoms with Gasteiger partial charge in [-0.05, 0) is 49.3 Å². The molecule has 2 aliphatic heterocycles. The molecular weight excluding hydrogens is 364 g/mol. The molecule has 1 aromatic carbocycles. The average molecular weight is 403 g/mol. The van der Waals surface area contributed by atoms with Crippen LogP contribution in [0.25, 0.3) is 0 Å². The summed E-state index contributed by atoms with van der Waals surface area (Å²) < 4.78 is 5.56. The van der Waals surface area contributed by atoms with Crippen LogP contribution in [-0.4, -0.2) is 62.5 Å². The van der Waals surface area contributed by atoms with Gasteiger partial charge in [0.1, 0.15) is 0 Å². The summed E-state index contributed by atoms with van der Waals surface area (Å²) in [7, 11) is 1.79. The number of nitrogens with one attached hydrogen (secondary N) is 2. The lowest BCUT2D eigenvalue weighted by atomic mass is 9.84. The first-order valence-corrected chi connectivity index (χ1v) is 11.1. The Bertz CT molecular complexity index is 641. The Morgan fingerprint density at radius 3 is 2.72 bits per heavy atom. The summed E-state index contributed by atoms with van der Waals surface area (Å²) in [6.07, 6.45) is 4.43. The molecule has 29 heavy (non-hydrogen) atoms. The van der Waals surface area contributed by atoms with E-state index in [4.69, 9.17) is 4.74 Å². The molecule has 0 aliphatic carbocycles. The maximum atomic E-state index is 9.37. The van der Waals surface area contributed by atoms with Gasteiger partial charge in [0.2, 0.25) is 0 Å². The molecule has 1 aromatic rings. The van der Waals surface area contributed by atoms with E-state index in [0.717, 1.165) is 51.0 Å². The highest BCUT2D eigenvalue weighted by molar-refractivity contribution is 5.79. The molecule has 3 rings (SSSR count). The lowest BCUT2D eigenvalue weighted by molar-refractivity contribution is 0.127. The molecular formula is C23H38N4O2. The first-order valence-electron chi connectivity index (χ1n) is 11.1. The summed E-state index contributed by atoms with van der Waals surface area (Å²) in [5.74, 6) is 1.61. The predicted octanol–water partition coefficient (Wildman–Crippen LogP) is 2.37. The maximum absolute atomic E-state index is 9.37. The molecule has 2 fully saturated rings. The molecule has 0 saturated carbocycles. The zero-order valence-electron chi connectivity index (χ0n) is 18.1. The second-order valence-corrected chi connectivity index (χ2v) is 8.85. The van der Waals surface area contributed by atoms with Crippen LogP contribution in [0, 0.1) is 11.3 Å². The van der Waals surface area contributed by atoms with Crippen molar-refractivity contribution in [2.45, 2.75) is 45.7 Å². The lowest BCUT2D eigenvalue weighted by Crippen LogP contribution is -2.44. The van der Waals surface area contributed by atoms with Gasteiger partial charge in [-0.1, -0.05) is 31.2 Å². The fourth-order valence-electron chi connectivity index (χ4n) is 4.44. The minimum Gasteiger partial charge on any atom is -0.396 e. The fraction of sp³-hybridized carbons (Fsp3) is 0.696. The standard InChI is InChI=1S/C23H38N4O2/c1-19-4-3-11-27(15-19)16-21-7-5-20(6-8-21)14-25-22(24-2)26-17-23(9-12-28)10-13-29-18-23/h5-8,19,28H,3-4,9-18H2,1-2H3,(H2,24,25,26). The molecule has 2 unspecified atom stereocenters. The number of ether oxygens (including phenoxy) is 1. The first kappa shape index (κ1) is 22.1. The van der Waals surface area contributed by atoms with Crippen LogP contribution in [0.2, 0.25) is 0 Å². The van der Waals surface area contributed by atoms with Crippen molar-refractivity contribution in [3.63, 3.8) is 0 Å². The molecule has 6 nitrogen and oxygen atoms in total. The van der Waals surface area contributed by atoms with Gasteiger partial charge < -0.3 is 20.5 Å². The third-order valence-corrected chi connectivity index (χ3v) is 6.31.